The minimum Gasteiger partial charge on any atom is -0.480 e. The maximum Gasteiger partial charge on any atom is 0.323 e. The topological polar surface area (TPSA) is 66.6 Å². The summed E-state index contributed by atoms with van der Waals surface area (Å²) in [5.41, 5.74) is 4.68. The van der Waals surface area contributed by atoms with Crippen molar-refractivity contribution >= 4 is 5.97 Å². The molecule has 0 bridgehead atoms. The van der Waals surface area contributed by atoms with E-state index < -0.39 is 11.5 Å². The fourth-order valence-electron chi connectivity index (χ4n) is 2.70. The average Bonchev–Trinajstić information content (AvgIpc) is 2.64. The largest absolute Gasteiger partial charge is 0.480 e. The minimum absolute atomic E-state index is 0.249. The molecule has 1 saturated heterocycles. The number of hydrogen-bond acceptors (Lipinski definition) is 3. The third-order valence-corrected chi connectivity index (χ3v) is 3.67. The Morgan fingerprint density at radius 1 is 1.69 bits per heavy atom. The average molecular weight is 228 g/mol. The Morgan fingerprint density at radius 2 is 2.31 bits per heavy atom. The molecule has 4 heteroatoms. The smallest absolute Gasteiger partial charge is 0.323 e. The summed E-state index contributed by atoms with van der Waals surface area (Å²) in [6, 6.07) is 0.859. The Hall–Kier alpha value is -0.610. The molecule has 94 valence electrons. The highest BCUT2D eigenvalue weighted by atomic mass is 16.4. The first kappa shape index (κ1) is 13.5. The normalized spacial score (nSPS) is 27.6. The summed E-state index contributed by atoms with van der Waals surface area (Å²) in [7, 11) is 0. The molecule has 1 fully saturated rings. The van der Waals surface area contributed by atoms with Crippen LogP contribution in [0.3, 0.4) is 0 Å². The highest BCUT2D eigenvalue weighted by Gasteiger charge is 2.35. The lowest BCUT2D eigenvalue weighted by atomic mass is 9.94. The van der Waals surface area contributed by atoms with E-state index >= 15 is 0 Å². The van der Waals surface area contributed by atoms with Crippen molar-refractivity contribution in [2.45, 2.75) is 64.1 Å². The number of nitrogens with two attached hydrogens (primary N) is 1. The van der Waals surface area contributed by atoms with Crippen LogP contribution in [0.5, 0.6) is 0 Å². The van der Waals surface area contributed by atoms with Crippen LogP contribution < -0.4 is 5.73 Å². The van der Waals surface area contributed by atoms with Crippen molar-refractivity contribution in [3.05, 3.63) is 0 Å². The van der Waals surface area contributed by atoms with E-state index in [0.29, 0.717) is 12.5 Å². The third-order valence-electron chi connectivity index (χ3n) is 3.67. The van der Waals surface area contributed by atoms with E-state index in [0.717, 1.165) is 13.0 Å². The number of likely N-dealkylation sites (tertiary alicyclic amines) is 1. The Balaban J connectivity index is 2.58. The van der Waals surface area contributed by atoms with Crippen molar-refractivity contribution in [3.63, 3.8) is 0 Å². The molecule has 1 rings (SSSR count). The predicted octanol–water partition coefficient (Wildman–Crippen LogP) is 1.44. The highest BCUT2D eigenvalue weighted by molar-refractivity contribution is 5.77. The second-order valence-electron chi connectivity index (χ2n) is 5.22. The monoisotopic (exact) mass is 228 g/mol. The predicted molar refractivity (Wildman–Crippen MR) is 64.3 cm³/mol. The molecule has 0 saturated carbocycles. The van der Waals surface area contributed by atoms with Gasteiger partial charge in [0.2, 0.25) is 0 Å². The van der Waals surface area contributed by atoms with Gasteiger partial charge in [-0.2, -0.15) is 0 Å². The molecule has 0 aromatic carbocycles. The number of aliphatic carboxylic acids is 1. The van der Waals surface area contributed by atoms with Gasteiger partial charge in [0.1, 0.15) is 5.54 Å². The van der Waals surface area contributed by atoms with Gasteiger partial charge < -0.3 is 10.8 Å². The van der Waals surface area contributed by atoms with Crippen molar-refractivity contribution < 1.29 is 9.90 Å². The molecular weight excluding hydrogens is 204 g/mol. The first-order valence-corrected chi connectivity index (χ1v) is 6.16. The molecule has 4 nitrogen and oxygen atoms in total. The van der Waals surface area contributed by atoms with E-state index in [1.54, 1.807) is 6.92 Å². The maximum absolute atomic E-state index is 11.0. The molecule has 1 aliphatic heterocycles. The van der Waals surface area contributed by atoms with Gasteiger partial charge in [0.15, 0.2) is 0 Å². The highest BCUT2D eigenvalue weighted by Crippen LogP contribution is 2.25. The molecule has 3 atom stereocenters. The van der Waals surface area contributed by atoms with Gasteiger partial charge in [-0.3, -0.25) is 9.69 Å². The molecule has 0 aromatic heterocycles. The summed E-state index contributed by atoms with van der Waals surface area (Å²) < 4.78 is 0. The van der Waals surface area contributed by atoms with Gasteiger partial charge in [0, 0.05) is 12.1 Å². The quantitative estimate of drug-likeness (QED) is 0.747. The minimum atomic E-state index is -1.11. The first-order chi connectivity index (χ1) is 7.38. The van der Waals surface area contributed by atoms with Gasteiger partial charge in [-0.15, -0.1) is 0 Å². The molecule has 1 heterocycles. The van der Waals surface area contributed by atoms with Crippen LogP contribution in [0, 0.1) is 0 Å². The number of carboxylic acids is 1. The molecule has 0 aliphatic carbocycles. The molecule has 3 unspecified atom stereocenters. The number of nitrogens with zero attached hydrogens (tertiary/aromatic N) is 1. The van der Waals surface area contributed by atoms with Gasteiger partial charge in [-0.05, 0) is 46.1 Å². The van der Waals surface area contributed by atoms with Crippen LogP contribution in [0.4, 0.5) is 0 Å². The van der Waals surface area contributed by atoms with Crippen molar-refractivity contribution in [1.29, 1.82) is 0 Å². The summed E-state index contributed by atoms with van der Waals surface area (Å²) >= 11 is 0. The van der Waals surface area contributed by atoms with Crippen molar-refractivity contribution in [2.75, 3.05) is 6.54 Å². The molecule has 16 heavy (non-hydrogen) atoms. The van der Waals surface area contributed by atoms with Gasteiger partial charge in [0.25, 0.3) is 0 Å². The van der Waals surface area contributed by atoms with Crippen LogP contribution in [0.2, 0.25) is 0 Å². The van der Waals surface area contributed by atoms with E-state index in [1.807, 2.05) is 0 Å². The lowest BCUT2D eigenvalue weighted by Crippen LogP contribution is -2.51. The fourth-order valence-corrected chi connectivity index (χ4v) is 2.70. The number of carboxylic acid groups (broad SMARTS) is 1. The summed E-state index contributed by atoms with van der Waals surface area (Å²) in [5.74, 6) is -0.911. The Bertz CT molecular complexity index is 253. The second-order valence-corrected chi connectivity index (χ2v) is 5.22. The van der Waals surface area contributed by atoms with E-state index in [2.05, 4.69) is 18.7 Å². The van der Waals surface area contributed by atoms with Gasteiger partial charge in [0.05, 0.1) is 0 Å². The Morgan fingerprint density at radius 3 is 2.81 bits per heavy atom. The van der Waals surface area contributed by atoms with Crippen molar-refractivity contribution in [1.82, 2.24) is 4.90 Å². The van der Waals surface area contributed by atoms with Crippen molar-refractivity contribution in [2.24, 2.45) is 5.73 Å². The number of hydrogen-bond donors (Lipinski definition) is 2. The van der Waals surface area contributed by atoms with Gasteiger partial charge in [-0.1, -0.05) is 6.92 Å². The number of carbonyl (C=O) groups is 1. The van der Waals surface area contributed by atoms with Crippen LogP contribution >= 0.6 is 0 Å². The number of rotatable bonds is 5. The zero-order chi connectivity index (χ0) is 12.3. The fraction of sp³-hybridized carbons (Fsp3) is 0.917. The lowest BCUT2D eigenvalue weighted by Gasteiger charge is -2.33. The zero-order valence-electron chi connectivity index (χ0n) is 10.6. The third kappa shape index (κ3) is 2.95. The first-order valence-electron chi connectivity index (χ1n) is 6.16. The maximum atomic E-state index is 11.0. The second kappa shape index (κ2) is 5.15. The van der Waals surface area contributed by atoms with Crippen LogP contribution in [0.1, 0.15) is 46.5 Å². The summed E-state index contributed by atoms with van der Waals surface area (Å²) in [4.78, 5) is 13.4. The van der Waals surface area contributed by atoms with E-state index in [1.165, 1.54) is 12.8 Å². The zero-order valence-corrected chi connectivity index (χ0v) is 10.6. The molecule has 3 N–H and O–H groups in total. The summed E-state index contributed by atoms with van der Waals surface area (Å²) in [6.45, 7) is 6.95. The molecule has 0 amide bonds. The van der Waals surface area contributed by atoms with Crippen molar-refractivity contribution in [3.8, 4) is 0 Å². The molecule has 0 radical (unpaired) electrons. The molecule has 0 spiro atoms. The van der Waals surface area contributed by atoms with Gasteiger partial charge >= 0.3 is 5.97 Å². The molecule has 0 aromatic rings. The Kier molecular flexibility index (Phi) is 4.33. The molecular formula is C12H24N2O2. The summed E-state index contributed by atoms with van der Waals surface area (Å²) in [6.07, 6.45) is 4.10. The molecule has 1 aliphatic rings. The van der Waals surface area contributed by atoms with Crippen LogP contribution in [-0.4, -0.2) is 40.1 Å². The summed E-state index contributed by atoms with van der Waals surface area (Å²) in [5, 5.41) is 9.01. The van der Waals surface area contributed by atoms with Crippen LogP contribution in [-0.2, 0) is 4.79 Å². The standard InChI is InChI=1S/C12H24N2O2/c1-4-10-6-5-7-14(10)9(2)8-12(3,13)11(15)16/h9-10H,4-8,13H2,1-3H3,(H,15,16). The Labute approximate surface area is 97.8 Å². The SMILES string of the molecule is CCC1CCCN1C(C)CC(C)(N)C(=O)O. The van der Waals surface area contributed by atoms with E-state index in [9.17, 15) is 4.79 Å². The lowest BCUT2D eigenvalue weighted by molar-refractivity contribution is -0.143. The van der Waals surface area contributed by atoms with Gasteiger partial charge in [-0.25, -0.2) is 0 Å². The van der Waals surface area contributed by atoms with Crippen LogP contribution in [0.25, 0.3) is 0 Å². The van der Waals surface area contributed by atoms with E-state index in [4.69, 9.17) is 10.8 Å². The van der Waals surface area contributed by atoms with Crippen LogP contribution in [0.15, 0.2) is 0 Å². The van der Waals surface area contributed by atoms with E-state index in [-0.39, 0.29) is 6.04 Å².